The molecule has 0 bridgehead atoms. The number of rotatable bonds is 10. The van der Waals surface area contributed by atoms with Crippen LogP contribution in [0.4, 0.5) is 4.39 Å². The first-order valence-corrected chi connectivity index (χ1v) is 7.47. The molecule has 2 N–H and O–H groups in total. The SMILES string of the molecule is COCCNCCNC(=O)CCOc1ccc(Br)cc1F.Cl. The maximum atomic E-state index is 13.5. The summed E-state index contributed by atoms with van der Waals surface area (Å²) in [5.74, 6) is -0.430. The number of halogens is 3. The summed E-state index contributed by atoms with van der Waals surface area (Å²) in [7, 11) is 1.64. The molecule has 22 heavy (non-hydrogen) atoms. The van der Waals surface area contributed by atoms with Gasteiger partial charge in [-0.3, -0.25) is 4.79 Å². The monoisotopic (exact) mass is 398 g/mol. The second-order valence-electron chi connectivity index (χ2n) is 4.27. The minimum atomic E-state index is -0.452. The number of ether oxygens (including phenoxy) is 2. The molecule has 0 saturated carbocycles. The highest BCUT2D eigenvalue weighted by molar-refractivity contribution is 9.10. The van der Waals surface area contributed by atoms with E-state index in [9.17, 15) is 9.18 Å². The summed E-state index contributed by atoms with van der Waals surface area (Å²) in [5.41, 5.74) is 0. The second kappa shape index (κ2) is 12.6. The van der Waals surface area contributed by atoms with Crippen LogP contribution in [0.5, 0.6) is 5.75 Å². The summed E-state index contributed by atoms with van der Waals surface area (Å²) < 4.78 is 24.2. The summed E-state index contributed by atoms with van der Waals surface area (Å²) in [4.78, 5) is 11.5. The maximum absolute atomic E-state index is 13.5. The Hall–Kier alpha value is -0.890. The Kier molecular flexibility index (Phi) is 12.1. The van der Waals surface area contributed by atoms with Crippen molar-refractivity contribution in [2.75, 3.05) is 40.0 Å². The Morgan fingerprint density at radius 2 is 2.05 bits per heavy atom. The van der Waals surface area contributed by atoms with Gasteiger partial charge < -0.3 is 20.1 Å². The number of hydrogen-bond donors (Lipinski definition) is 2. The maximum Gasteiger partial charge on any atom is 0.223 e. The Labute approximate surface area is 144 Å². The van der Waals surface area contributed by atoms with Gasteiger partial charge in [0.15, 0.2) is 11.6 Å². The van der Waals surface area contributed by atoms with E-state index >= 15 is 0 Å². The largest absolute Gasteiger partial charge is 0.490 e. The minimum Gasteiger partial charge on any atom is -0.490 e. The lowest BCUT2D eigenvalue weighted by Gasteiger charge is -2.08. The molecule has 0 fully saturated rings. The molecule has 1 aromatic rings. The highest BCUT2D eigenvalue weighted by Gasteiger charge is 2.05. The van der Waals surface area contributed by atoms with Crippen LogP contribution in [0, 0.1) is 5.82 Å². The molecule has 0 atom stereocenters. The molecule has 0 unspecified atom stereocenters. The highest BCUT2D eigenvalue weighted by Crippen LogP contribution is 2.21. The van der Waals surface area contributed by atoms with Crippen LogP contribution in [0.1, 0.15) is 6.42 Å². The molecule has 0 aliphatic rings. The van der Waals surface area contributed by atoms with Gasteiger partial charge in [-0.1, -0.05) is 15.9 Å². The van der Waals surface area contributed by atoms with Crippen molar-refractivity contribution in [3.8, 4) is 5.75 Å². The van der Waals surface area contributed by atoms with Gasteiger partial charge in [-0.2, -0.15) is 0 Å². The fourth-order valence-electron chi connectivity index (χ4n) is 1.52. The molecule has 5 nitrogen and oxygen atoms in total. The molecule has 0 saturated heterocycles. The molecule has 8 heteroatoms. The number of benzene rings is 1. The number of methoxy groups -OCH3 is 1. The second-order valence-corrected chi connectivity index (χ2v) is 5.18. The molecule has 126 valence electrons. The molecule has 0 spiro atoms. The zero-order valence-corrected chi connectivity index (χ0v) is 14.8. The molecule has 1 rings (SSSR count). The topological polar surface area (TPSA) is 59.6 Å². The summed E-state index contributed by atoms with van der Waals surface area (Å²) in [5, 5.41) is 5.86. The van der Waals surface area contributed by atoms with Gasteiger partial charge in [0.1, 0.15) is 0 Å². The predicted octanol–water partition coefficient (Wildman–Crippen LogP) is 2.13. The number of carbonyl (C=O) groups excluding carboxylic acids is 1. The zero-order valence-electron chi connectivity index (χ0n) is 12.4. The molecule has 1 amide bonds. The van der Waals surface area contributed by atoms with Gasteiger partial charge in [0.2, 0.25) is 5.91 Å². The van der Waals surface area contributed by atoms with Crippen LogP contribution in [-0.2, 0) is 9.53 Å². The molecule has 0 aliphatic carbocycles. The van der Waals surface area contributed by atoms with E-state index in [-0.39, 0.29) is 37.1 Å². The number of hydrogen-bond acceptors (Lipinski definition) is 4. The van der Waals surface area contributed by atoms with Crippen molar-refractivity contribution >= 4 is 34.2 Å². The Morgan fingerprint density at radius 3 is 2.73 bits per heavy atom. The molecule has 0 heterocycles. The first-order valence-electron chi connectivity index (χ1n) is 6.67. The quantitative estimate of drug-likeness (QED) is 0.592. The van der Waals surface area contributed by atoms with Crippen molar-refractivity contribution in [1.29, 1.82) is 0 Å². The van der Waals surface area contributed by atoms with Crippen LogP contribution in [0.25, 0.3) is 0 Å². The molecule has 0 aromatic heterocycles. The fraction of sp³-hybridized carbons (Fsp3) is 0.500. The molecule has 1 aromatic carbocycles. The minimum absolute atomic E-state index is 0. The molecule has 0 radical (unpaired) electrons. The van der Waals surface area contributed by atoms with Crippen molar-refractivity contribution in [2.45, 2.75) is 6.42 Å². The lowest BCUT2D eigenvalue weighted by molar-refractivity contribution is -0.121. The Balaban J connectivity index is 0.00000441. The van der Waals surface area contributed by atoms with Crippen LogP contribution in [-0.4, -0.2) is 45.9 Å². The fourth-order valence-corrected chi connectivity index (χ4v) is 1.86. The molecular weight excluding hydrogens is 379 g/mol. The summed E-state index contributed by atoms with van der Waals surface area (Å²) in [6, 6.07) is 4.53. The smallest absolute Gasteiger partial charge is 0.223 e. The third kappa shape index (κ3) is 9.19. The average molecular weight is 400 g/mol. The van der Waals surface area contributed by atoms with Crippen molar-refractivity contribution in [3.63, 3.8) is 0 Å². The van der Waals surface area contributed by atoms with E-state index < -0.39 is 5.82 Å². The highest BCUT2D eigenvalue weighted by atomic mass is 79.9. The number of carbonyl (C=O) groups is 1. The van der Waals surface area contributed by atoms with Crippen molar-refractivity contribution in [2.24, 2.45) is 0 Å². The van der Waals surface area contributed by atoms with Crippen LogP contribution >= 0.6 is 28.3 Å². The third-order valence-electron chi connectivity index (χ3n) is 2.59. The summed E-state index contributed by atoms with van der Waals surface area (Å²) in [6.07, 6.45) is 0.188. The van der Waals surface area contributed by atoms with Gasteiger partial charge in [0, 0.05) is 31.2 Å². The van der Waals surface area contributed by atoms with Crippen LogP contribution in [0.15, 0.2) is 22.7 Å². The summed E-state index contributed by atoms with van der Waals surface area (Å²) in [6.45, 7) is 2.74. The van der Waals surface area contributed by atoms with Gasteiger partial charge in [-0.05, 0) is 18.2 Å². The Bertz CT molecular complexity index is 452. The van der Waals surface area contributed by atoms with Gasteiger partial charge in [-0.25, -0.2) is 4.39 Å². The van der Waals surface area contributed by atoms with Crippen LogP contribution < -0.4 is 15.4 Å². The zero-order chi connectivity index (χ0) is 15.5. The van der Waals surface area contributed by atoms with E-state index in [2.05, 4.69) is 26.6 Å². The van der Waals surface area contributed by atoms with Crippen molar-refractivity contribution in [1.82, 2.24) is 10.6 Å². The normalized spacial score (nSPS) is 9.95. The van der Waals surface area contributed by atoms with E-state index in [0.29, 0.717) is 24.2 Å². The molecule has 0 aliphatic heterocycles. The standard InChI is InChI=1S/C14H20BrFN2O3.ClH/c1-20-9-7-17-5-6-18-14(19)4-8-21-13-3-2-11(15)10-12(13)16;/h2-3,10,17H,4-9H2,1H3,(H,18,19);1H. The lowest BCUT2D eigenvalue weighted by atomic mass is 10.3. The average Bonchev–Trinajstić information content (AvgIpc) is 2.45. The van der Waals surface area contributed by atoms with Gasteiger partial charge in [-0.15, -0.1) is 12.4 Å². The van der Waals surface area contributed by atoms with Crippen LogP contribution in [0.3, 0.4) is 0 Å². The number of amides is 1. The third-order valence-corrected chi connectivity index (χ3v) is 3.08. The van der Waals surface area contributed by atoms with E-state index in [1.165, 1.54) is 12.1 Å². The van der Waals surface area contributed by atoms with Gasteiger partial charge >= 0.3 is 0 Å². The van der Waals surface area contributed by atoms with E-state index in [0.717, 1.165) is 6.54 Å². The summed E-state index contributed by atoms with van der Waals surface area (Å²) >= 11 is 3.17. The predicted molar refractivity (Wildman–Crippen MR) is 89.2 cm³/mol. The van der Waals surface area contributed by atoms with E-state index in [1.807, 2.05) is 0 Å². The molecular formula is C14H21BrClFN2O3. The van der Waals surface area contributed by atoms with Crippen molar-refractivity contribution in [3.05, 3.63) is 28.5 Å². The first-order chi connectivity index (χ1) is 10.1. The van der Waals surface area contributed by atoms with Crippen molar-refractivity contribution < 1.29 is 18.7 Å². The Morgan fingerprint density at radius 1 is 1.27 bits per heavy atom. The van der Waals surface area contributed by atoms with E-state index in [1.54, 1.807) is 13.2 Å². The van der Waals surface area contributed by atoms with Crippen LogP contribution in [0.2, 0.25) is 0 Å². The van der Waals surface area contributed by atoms with Gasteiger partial charge in [0.05, 0.1) is 19.6 Å². The van der Waals surface area contributed by atoms with E-state index in [4.69, 9.17) is 9.47 Å². The number of nitrogens with one attached hydrogen (secondary N) is 2. The lowest BCUT2D eigenvalue weighted by Crippen LogP contribution is -2.33. The first kappa shape index (κ1) is 21.1. The van der Waals surface area contributed by atoms with Gasteiger partial charge in [0.25, 0.3) is 0 Å².